The van der Waals surface area contributed by atoms with Crippen molar-refractivity contribution in [1.29, 1.82) is 0 Å². The predicted molar refractivity (Wildman–Crippen MR) is 94.1 cm³/mol. The van der Waals surface area contributed by atoms with E-state index in [-0.39, 0.29) is 29.7 Å². The number of likely N-dealkylation sites (tertiary alicyclic amines) is 1. The van der Waals surface area contributed by atoms with E-state index in [2.05, 4.69) is 9.97 Å². The normalized spacial score (nSPS) is 18.8. The Hall–Kier alpha value is -3.95. The SMILES string of the molecule is O=C(OCN1C(=O)CCC(N2C(=O)c3ccccc3C2=O)C1=O)c1ccncn1. The molecule has 2 aromatic rings. The van der Waals surface area contributed by atoms with Crippen LogP contribution in [0.25, 0.3) is 0 Å². The maximum absolute atomic E-state index is 12.9. The molecule has 10 heteroatoms. The van der Waals surface area contributed by atoms with Gasteiger partial charge in [0.2, 0.25) is 5.91 Å². The number of nitrogens with zero attached hydrogens (tertiary/aromatic N) is 4. The number of carbonyl (C=O) groups is 5. The second kappa shape index (κ2) is 7.23. The van der Waals surface area contributed by atoms with Crippen molar-refractivity contribution >= 4 is 29.6 Å². The zero-order valence-electron chi connectivity index (χ0n) is 15.0. The summed E-state index contributed by atoms with van der Waals surface area (Å²) in [6, 6.07) is 6.45. The minimum Gasteiger partial charge on any atom is -0.439 e. The van der Waals surface area contributed by atoms with Crippen LogP contribution in [0.1, 0.15) is 44.0 Å². The molecule has 1 aromatic heterocycles. The first-order valence-corrected chi connectivity index (χ1v) is 8.73. The molecule has 1 aromatic carbocycles. The smallest absolute Gasteiger partial charge is 0.358 e. The van der Waals surface area contributed by atoms with Crippen LogP contribution in [0.15, 0.2) is 42.9 Å². The molecule has 2 aliphatic rings. The van der Waals surface area contributed by atoms with Gasteiger partial charge >= 0.3 is 5.97 Å². The highest BCUT2D eigenvalue weighted by Gasteiger charge is 2.47. The number of imide groups is 2. The first-order valence-electron chi connectivity index (χ1n) is 8.73. The van der Waals surface area contributed by atoms with Crippen LogP contribution in [0.4, 0.5) is 0 Å². The van der Waals surface area contributed by atoms with Gasteiger partial charge in [-0.25, -0.2) is 19.7 Å². The largest absolute Gasteiger partial charge is 0.439 e. The van der Waals surface area contributed by atoms with Gasteiger partial charge in [-0.05, 0) is 24.6 Å². The van der Waals surface area contributed by atoms with Gasteiger partial charge in [0, 0.05) is 12.6 Å². The molecule has 146 valence electrons. The molecule has 0 N–H and O–H groups in total. The Morgan fingerprint density at radius 3 is 2.38 bits per heavy atom. The van der Waals surface area contributed by atoms with Crippen LogP contribution >= 0.6 is 0 Å². The molecule has 10 nitrogen and oxygen atoms in total. The lowest BCUT2D eigenvalue weighted by Crippen LogP contribution is -2.56. The molecule has 1 fully saturated rings. The fraction of sp³-hybridized carbons (Fsp3) is 0.211. The average Bonchev–Trinajstić information content (AvgIpc) is 2.99. The van der Waals surface area contributed by atoms with E-state index in [0.29, 0.717) is 0 Å². The van der Waals surface area contributed by atoms with Gasteiger partial charge < -0.3 is 4.74 Å². The van der Waals surface area contributed by atoms with Gasteiger partial charge in [-0.3, -0.25) is 24.1 Å². The van der Waals surface area contributed by atoms with Crippen molar-refractivity contribution in [3.05, 3.63) is 59.7 Å². The van der Waals surface area contributed by atoms with Gasteiger partial charge in [-0.1, -0.05) is 12.1 Å². The lowest BCUT2D eigenvalue weighted by Gasteiger charge is -2.33. The van der Waals surface area contributed by atoms with E-state index in [0.717, 1.165) is 16.1 Å². The van der Waals surface area contributed by atoms with Crippen LogP contribution in [-0.2, 0) is 14.3 Å². The van der Waals surface area contributed by atoms with Gasteiger partial charge in [-0.2, -0.15) is 0 Å². The minimum atomic E-state index is -1.14. The number of ether oxygens (including phenoxy) is 1. The van der Waals surface area contributed by atoms with Crippen molar-refractivity contribution in [1.82, 2.24) is 19.8 Å². The van der Waals surface area contributed by atoms with Gasteiger partial charge in [0.25, 0.3) is 17.7 Å². The van der Waals surface area contributed by atoms with E-state index >= 15 is 0 Å². The number of hydrogen-bond donors (Lipinski definition) is 0. The van der Waals surface area contributed by atoms with E-state index < -0.39 is 42.4 Å². The molecule has 0 radical (unpaired) electrons. The average molecular weight is 394 g/mol. The lowest BCUT2D eigenvalue weighted by molar-refractivity contribution is -0.156. The molecular weight excluding hydrogens is 380 g/mol. The molecule has 0 spiro atoms. The fourth-order valence-electron chi connectivity index (χ4n) is 3.30. The van der Waals surface area contributed by atoms with Crippen LogP contribution in [0.5, 0.6) is 0 Å². The molecular formula is C19H14N4O6. The Kier molecular flexibility index (Phi) is 4.59. The fourth-order valence-corrected chi connectivity index (χ4v) is 3.30. The standard InChI is InChI=1S/C19H14N4O6/c24-15-6-5-14(23-16(25)11-3-1-2-4-12(11)17(23)26)18(27)22(15)10-29-19(28)13-7-8-20-9-21-13/h1-4,7-9,14H,5-6,10H2. The summed E-state index contributed by atoms with van der Waals surface area (Å²) in [5.74, 6) is -3.34. The van der Waals surface area contributed by atoms with E-state index in [9.17, 15) is 24.0 Å². The zero-order chi connectivity index (χ0) is 20.5. The number of aromatic nitrogens is 2. The highest BCUT2D eigenvalue weighted by molar-refractivity contribution is 6.23. The summed E-state index contributed by atoms with van der Waals surface area (Å²) in [7, 11) is 0. The van der Waals surface area contributed by atoms with Crippen molar-refractivity contribution in [2.75, 3.05) is 6.73 Å². The molecule has 0 saturated carbocycles. The van der Waals surface area contributed by atoms with Crippen LogP contribution in [0.3, 0.4) is 0 Å². The number of fused-ring (bicyclic) bond motifs is 1. The maximum atomic E-state index is 12.9. The summed E-state index contributed by atoms with van der Waals surface area (Å²) in [6.07, 6.45) is 2.44. The lowest BCUT2D eigenvalue weighted by atomic mass is 10.0. The number of amides is 4. The molecule has 4 amide bonds. The van der Waals surface area contributed by atoms with Gasteiger partial charge in [0.1, 0.15) is 12.4 Å². The van der Waals surface area contributed by atoms with Crippen molar-refractivity contribution in [3.8, 4) is 0 Å². The molecule has 1 saturated heterocycles. The summed E-state index contributed by atoms with van der Waals surface area (Å²) >= 11 is 0. The van der Waals surface area contributed by atoms with Crippen molar-refractivity contribution < 1.29 is 28.7 Å². The molecule has 1 unspecified atom stereocenters. The number of rotatable bonds is 4. The van der Waals surface area contributed by atoms with Crippen LogP contribution < -0.4 is 0 Å². The summed E-state index contributed by atoms with van der Waals surface area (Å²) in [5.41, 5.74) is 0.390. The van der Waals surface area contributed by atoms with E-state index in [1.807, 2.05) is 0 Å². The summed E-state index contributed by atoms with van der Waals surface area (Å²) in [6.45, 7) is -0.639. The third kappa shape index (κ3) is 3.14. The highest BCUT2D eigenvalue weighted by Crippen LogP contribution is 2.29. The van der Waals surface area contributed by atoms with Crippen molar-refractivity contribution in [2.45, 2.75) is 18.9 Å². The molecule has 2 aliphatic heterocycles. The summed E-state index contributed by atoms with van der Waals surface area (Å²) in [5, 5.41) is 0. The Labute approximate surface area is 164 Å². The second-order valence-electron chi connectivity index (χ2n) is 6.40. The van der Waals surface area contributed by atoms with E-state index in [1.165, 1.54) is 24.4 Å². The monoisotopic (exact) mass is 394 g/mol. The van der Waals surface area contributed by atoms with Crippen molar-refractivity contribution in [3.63, 3.8) is 0 Å². The Morgan fingerprint density at radius 2 is 1.76 bits per heavy atom. The maximum Gasteiger partial charge on any atom is 0.358 e. The Bertz CT molecular complexity index is 1000. The quantitative estimate of drug-likeness (QED) is 0.539. The number of benzene rings is 1. The highest BCUT2D eigenvalue weighted by atomic mass is 16.5. The van der Waals surface area contributed by atoms with Gasteiger partial charge in [0.15, 0.2) is 12.4 Å². The predicted octanol–water partition coefficient (Wildman–Crippen LogP) is 0.405. The third-order valence-electron chi connectivity index (χ3n) is 4.74. The van der Waals surface area contributed by atoms with Crippen LogP contribution in [0.2, 0.25) is 0 Å². The molecule has 0 bridgehead atoms. The zero-order valence-corrected chi connectivity index (χ0v) is 15.0. The van der Waals surface area contributed by atoms with Gasteiger partial charge in [-0.15, -0.1) is 0 Å². The molecule has 1 atom stereocenters. The van der Waals surface area contributed by atoms with E-state index in [1.54, 1.807) is 12.1 Å². The van der Waals surface area contributed by atoms with Crippen LogP contribution in [0, 0.1) is 0 Å². The molecule has 0 aliphatic carbocycles. The molecule has 3 heterocycles. The van der Waals surface area contributed by atoms with Gasteiger partial charge in [0.05, 0.1) is 11.1 Å². The minimum absolute atomic E-state index is 0.0134. The molecule has 29 heavy (non-hydrogen) atoms. The summed E-state index contributed by atoms with van der Waals surface area (Å²) in [4.78, 5) is 71.4. The Balaban J connectivity index is 1.51. The third-order valence-corrected chi connectivity index (χ3v) is 4.74. The molecule has 4 rings (SSSR count). The Morgan fingerprint density at radius 1 is 1.07 bits per heavy atom. The first kappa shape index (κ1) is 18.4. The second-order valence-corrected chi connectivity index (χ2v) is 6.40. The summed E-state index contributed by atoms with van der Waals surface area (Å²) < 4.78 is 5.00. The topological polar surface area (TPSA) is 127 Å². The van der Waals surface area contributed by atoms with E-state index in [4.69, 9.17) is 4.74 Å². The number of piperidine rings is 1. The van der Waals surface area contributed by atoms with Crippen molar-refractivity contribution in [2.24, 2.45) is 0 Å². The number of hydrogen-bond acceptors (Lipinski definition) is 8. The van der Waals surface area contributed by atoms with Crippen LogP contribution in [-0.4, -0.2) is 62.1 Å². The first-order chi connectivity index (χ1) is 14.0. The number of carbonyl (C=O) groups excluding carboxylic acids is 5. The number of esters is 1.